The second-order valence-corrected chi connectivity index (χ2v) is 2.30. The van der Waals surface area contributed by atoms with E-state index in [0.717, 1.165) is 6.33 Å². The van der Waals surface area contributed by atoms with Crippen LogP contribution in [0.15, 0.2) is 11.1 Å². The summed E-state index contributed by atoms with van der Waals surface area (Å²) in [5.41, 5.74) is 6.84. The van der Waals surface area contributed by atoms with Crippen molar-refractivity contribution in [3.63, 3.8) is 0 Å². The SMILES string of the molecule is NC(=O)NNc1nc[nH]c(=O)c1[N+](=O)[O-]. The third-order valence-corrected chi connectivity index (χ3v) is 1.32. The van der Waals surface area contributed by atoms with Crippen molar-refractivity contribution in [2.24, 2.45) is 5.73 Å². The van der Waals surface area contributed by atoms with Gasteiger partial charge in [0, 0.05) is 0 Å². The van der Waals surface area contributed by atoms with Gasteiger partial charge in [-0.25, -0.2) is 9.78 Å². The number of nitrogens with zero attached hydrogens (tertiary/aromatic N) is 2. The van der Waals surface area contributed by atoms with E-state index in [-0.39, 0.29) is 0 Å². The van der Waals surface area contributed by atoms with Crippen LogP contribution in [0, 0.1) is 10.1 Å². The fraction of sp³-hybridized carbons (Fsp3) is 0. The van der Waals surface area contributed by atoms with E-state index in [1.165, 1.54) is 0 Å². The molecule has 10 heteroatoms. The Morgan fingerprint density at radius 1 is 1.67 bits per heavy atom. The minimum absolute atomic E-state index is 0.400. The highest BCUT2D eigenvalue weighted by Gasteiger charge is 2.20. The zero-order valence-corrected chi connectivity index (χ0v) is 7.18. The first kappa shape index (κ1) is 10.4. The van der Waals surface area contributed by atoms with Crippen molar-refractivity contribution in [1.82, 2.24) is 15.4 Å². The minimum Gasteiger partial charge on any atom is -0.350 e. The van der Waals surface area contributed by atoms with Gasteiger partial charge in [0.2, 0.25) is 5.82 Å². The van der Waals surface area contributed by atoms with Gasteiger partial charge in [0.25, 0.3) is 0 Å². The molecule has 0 unspecified atom stereocenters. The highest BCUT2D eigenvalue weighted by Crippen LogP contribution is 2.12. The number of hydrazine groups is 1. The van der Waals surface area contributed by atoms with Crippen LogP contribution in [0.3, 0.4) is 0 Å². The Morgan fingerprint density at radius 2 is 2.33 bits per heavy atom. The first-order chi connectivity index (χ1) is 7.02. The lowest BCUT2D eigenvalue weighted by atomic mass is 10.5. The molecule has 2 amide bonds. The number of carbonyl (C=O) groups is 1. The molecule has 0 saturated carbocycles. The maximum Gasteiger partial charge on any atom is 0.377 e. The van der Waals surface area contributed by atoms with Crippen molar-refractivity contribution in [3.05, 3.63) is 26.8 Å². The van der Waals surface area contributed by atoms with Crippen LogP contribution in [0.2, 0.25) is 0 Å². The van der Waals surface area contributed by atoms with Crippen molar-refractivity contribution in [2.75, 3.05) is 5.43 Å². The van der Waals surface area contributed by atoms with E-state index >= 15 is 0 Å². The Morgan fingerprint density at radius 3 is 2.87 bits per heavy atom. The van der Waals surface area contributed by atoms with Gasteiger partial charge in [-0.05, 0) is 0 Å². The number of aromatic amines is 1. The highest BCUT2D eigenvalue weighted by molar-refractivity contribution is 5.73. The molecule has 1 aromatic rings. The number of aromatic nitrogens is 2. The molecule has 80 valence electrons. The molecule has 0 saturated heterocycles. The minimum atomic E-state index is -0.966. The quantitative estimate of drug-likeness (QED) is 0.360. The van der Waals surface area contributed by atoms with Crippen LogP contribution in [-0.2, 0) is 0 Å². The molecule has 0 aliphatic heterocycles. The second kappa shape index (κ2) is 4.04. The molecule has 0 aliphatic rings. The normalized spacial score (nSPS) is 9.33. The second-order valence-electron chi connectivity index (χ2n) is 2.30. The summed E-state index contributed by atoms with van der Waals surface area (Å²) in [6, 6.07) is -0.966. The van der Waals surface area contributed by atoms with Crippen LogP contribution in [0.5, 0.6) is 0 Å². The number of anilines is 1. The fourth-order valence-electron chi connectivity index (χ4n) is 0.774. The van der Waals surface area contributed by atoms with Gasteiger partial charge in [-0.1, -0.05) is 0 Å². The topological polar surface area (TPSA) is 156 Å². The van der Waals surface area contributed by atoms with Crippen LogP contribution < -0.4 is 22.1 Å². The van der Waals surface area contributed by atoms with E-state index in [0.29, 0.717) is 0 Å². The van der Waals surface area contributed by atoms with Gasteiger partial charge in [0.15, 0.2) is 0 Å². The van der Waals surface area contributed by atoms with E-state index in [9.17, 15) is 19.7 Å². The summed E-state index contributed by atoms with van der Waals surface area (Å²) < 4.78 is 0. The molecular formula is C5H6N6O4. The van der Waals surface area contributed by atoms with E-state index in [1.807, 2.05) is 15.8 Å². The van der Waals surface area contributed by atoms with Crippen molar-refractivity contribution < 1.29 is 9.72 Å². The zero-order valence-electron chi connectivity index (χ0n) is 7.18. The Hall–Kier alpha value is -2.65. The summed E-state index contributed by atoms with van der Waals surface area (Å²) in [6.07, 6.45) is 0.945. The number of nitro groups is 1. The third kappa shape index (κ3) is 2.40. The summed E-state index contributed by atoms with van der Waals surface area (Å²) in [7, 11) is 0. The lowest BCUT2D eigenvalue weighted by Gasteiger charge is -2.03. The molecule has 0 bridgehead atoms. The number of nitrogens with one attached hydrogen (secondary N) is 3. The van der Waals surface area contributed by atoms with E-state index in [2.05, 4.69) is 4.98 Å². The Kier molecular flexibility index (Phi) is 2.81. The Bertz CT molecular complexity index is 453. The van der Waals surface area contributed by atoms with Crippen LogP contribution >= 0.6 is 0 Å². The number of nitrogens with two attached hydrogens (primary N) is 1. The maximum atomic E-state index is 11.0. The Balaban J connectivity index is 3.06. The predicted molar refractivity (Wildman–Crippen MR) is 47.9 cm³/mol. The van der Waals surface area contributed by atoms with Gasteiger partial charge in [-0.3, -0.25) is 25.8 Å². The number of primary amides is 1. The average Bonchev–Trinajstić information content (AvgIpc) is 2.13. The molecule has 0 radical (unpaired) electrons. The van der Waals surface area contributed by atoms with Gasteiger partial charge in [0.05, 0.1) is 11.3 Å². The number of rotatable bonds is 3. The number of amides is 2. The molecule has 10 nitrogen and oxygen atoms in total. The molecule has 0 atom stereocenters. The molecule has 5 N–H and O–H groups in total. The average molecular weight is 214 g/mol. The molecule has 1 heterocycles. The summed E-state index contributed by atoms with van der Waals surface area (Å²) in [5.74, 6) is -0.400. The molecular weight excluding hydrogens is 208 g/mol. The predicted octanol–water partition coefficient (Wildman–Crippen LogP) is -1.33. The van der Waals surface area contributed by atoms with E-state index in [4.69, 9.17) is 5.73 Å². The largest absolute Gasteiger partial charge is 0.377 e. The number of H-pyrrole nitrogens is 1. The summed E-state index contributed by atoms with van der Waals surface area (Å²) in [5, 5.41) is 10.4. The van der Waals surface area contributed by atoms with Crippen LogP contribution in [0.25, 0.3) is 0 Å². The van der Waals surface area contributed by atoms with Gasteiger partial charge < -0.3 is 10.7 Å². The van der Waals surface area contributed by atoms with Crippen molar-refractivity contribution in [2.45, 2.75) is 0 Å². The lowest BCUT2D eigenvalue weighted by molar-refractivity contribution is -0.385. The van der Waals surface area contributed by atoms with Crippen LogP contribution in [0.4, 0.5) is 16.3 Å². The Labute approximate surface area is 81.6 Å². The number of hydrogen-bond acceptors (Lipinski definition) is 6. The van der Waals surface area contributed by atoms with Crippen LogP contribution in [0.1, 0.15) is 0 Å². The van der Waals surface area contributed by atoms with Gasteiger partial charge in [-0.15, -0.1) is 0 Å². The standard InChI is InChI=1S/C5H6N6O4/c6-5(13)10-9-3-2(11(14)15)4(12)8-1-7-3/h1H,(H3,6,10,13)(H2,7,8,9,12). The summed E-state index contributed by atoms with van der Waals surface area (Å²) >= 11 is 0. The smallest absolute Gasteiger partial charge is 0.350 e. The summed E-state index contributed by atoms with van der Waals surface area (Å²) in [6.45, 7) is 0. The van der Waals surface area contributed by atoms with Crippen molar-refractivity contribution in [3.8, 4) is 0 Å². The van der Waals surface area contributed by atoms with E-state index in [1.54, 1.807) is 0 Å². The molecule has 0 aliphatic carbocycles. The zero-order chi connectivity index (χ0) is 11.4. The van der Waals surface area contributed by atoms with Gasteiger partial charge in [0.1, 0.15) is 0 Å². The lowest BCUT2D eigenvalue weighted by Crippen LogP contribution is -2.35. The molecule has 15 heavy (non-hydrogen) atoms. The first-order valence-corrected chi connectivity index (χ1v) is 3.56. The van der Waals surface area contributed by atoms with Crippen LogP contribution in [-0.4, -0.2) is 20.9 Å². The summed E-state index contributed by atoms with van der Waals surface area (Å²) in [4.78, 5) is 36.3. The van der Waals surface area contributed by atoms with Crippen molar-refractivity contribution in [1.29, 1.82) is 0 Å². The number of carbonyl (C=O) groups excluding carboxylic acids is 1. The maximum absolute atomic E-state index is 11.0. The highest BCUT2D eigenvalue weighted by atomic mass is 16.6. The molecule has 0 spiro atoms. The fourth-order valence-corrected chi connectivity index (χ4v) is 0.774. The number of urea groups is 1. The molecule has 1 aromatic heterocycles. The molecule has 0 fully saturated rings. The van der Waals surface area contributed by atoms with Crippen molar-refractivity contribution >= 4 is 17.5 Å². The molecule has 0 aromatic carbocycles. The number of hydrogen-bond donors (Lipinski definition) is 4. The monoisotopic (exact) mass is 214 g/mol. The van der Waals surface area contributed by atoms with Gasteiger partial charge >= 0.3 is 17.3 Å². The molecule has 1 rings (SSSR count). The van der Waals surface area contributed by atoms with Gasteiger partial charge in [-0.2, -0.15) is 0 Å². The first-order valence-electron chi connectivity index (χ1n) is 3.56. The van der Waals surface area contributed by atoms with E-state index < -0.39 is 28.0 Å². The third-order valence-electron chi connectivity index (χ3n) is 1.32.